The van der Waals surface area contributed by atoms with Crippen LogP contribution in [0.1, 0.15) is 26.7 Å². The molecule has 23 heavy (non-hydrogen) atoms. The fraction of sp³-hybridized carbons (Fsp3) is 0.562. The molecule has 7 heteroatoms. The molecule has 3 heterocycles. The summed E-state index contributed by atoms with van der Waals surface area (Å²) in [6.07, 6.45) is 3.74. The number of urea groups is 1. The monoisotopic (exact) mass is 320 g/mol. The van der Waals surface area contributed by atoms with E-state index < -0.39 is 5.54 Å². The third kappa shape index (κ3) is 2.64. The smallest absolute Gasteiger partial charge is 0.325 e. The molecule has 3 rings (SSSR count). The van der Waals surface area contributed by atoms with E-state index in [0.29, 0.717) is 38.2 Å². The minimum absolute atomic E-state index is 0.224. The van der Waals surface area contributed by atoms with Crippen molar-refractivity contribution in [2.24, 2.45) is 5.92 Å². The second-order valence-electron chi connectivity index (χ2n) is 6.61. The van der Waals surface area contributed by atoms with Gasteiger partial charge in [0.15, 0.2) is 5.82 Å². The molecular formula is C16H21FN4O2. The molecule has 0 bridgehead atoms. The summed E-state index contributed by atoms with van der Waals surface area (Å²) < 4.78 is 13.9. The molecule has 0 radical (unpaired) electrons. The van der Waals surface area contributed by atoms with Gasteiger partial charge in [-0.2, -0.15) is 0 Å². The van der Waals surface area contributed by atoms with E-state index in [2.05, 4.69) is 10.3 Å². The normalized spacial score (nSPS) is 20.5. The topological polar surface area (TPSA) is 65.5 Å². The van der Waals surface area contributed by atoms with Crippen LogP contribution in [0.3, 0.4) is 0 Å². The molecule has 124 valence electrons. The summed E-state index contributed by atoms with van der Waals surface area (Å²) in [6.45, 7) is 5.63. The lowest BCUT2D eigenvalue weighted by molar-refractivity contribution is -0.127. The Labute approximate surface area is 134 Å². The number of hydrogen-bond donors (Lipinski definition) is 1. The number of nitrogens with one attached hydrogen (secondary N) is 1. The number of hydrogen-bond acceptors (Lipinski definition) is 4. The van der Waals surface area contributed by atoms with Crippen molar-refractivity contribution >= 4 is 17.6 Å². The van der Waals surface area contributed by atoms with Crippen molar-refractivity contribution in [2.75, 3.05) is 24.5 Å². The van der Waals surface area contributed by atoms with Crippen molar-refractivity contribution in [3.63, 3.8) is 0 Å². The van der Waals surface area contributed by atoms with E-state index in [0.717, 1.165) is 0 Å². The number of carbonyl (C=O) groups excluding carboxylic acids is 2. The number of imide groups is 1. The standard InChI is InChI=1S/C16H21FN4O2/c1-11(2)10-21-15(23)19-14(22)16(21)4-7-20(8-5-16)13-3-6-18-9-12(13)17/h3,6,9,11H,4-5,7-8,10H2,1-2H3,(H,19,22,23). The van der Waals surface area contributed by atoms with Gasteiger partial charge in [-0.15, -0.1) is 0 Å². The summed E-state index contributed by atoms with van der Waals surface area (Å²) in [4.78, 5) is 31.8. The third-order valence-corrected chi connectivity index (χ3v) is 4.64. The minimum atomic E-state index is -0.790. The molecule has 3 amide bonds. The number of halogens is 1. The van der Waals surface area contributed by atoms with Crippen LogP contribution in [0.2, 0.25) is 0 Å². The Morgan fingerprint density at radius 3 is 2.65 bits per heavy atom. The summed E-state index contributed by atoms with van der Waals surface area (Å²) in [7, 11) is 0. The van der Waals surface area contributed by atoms with E-state index in [1.54, 1.807) is 17.2 Å². The van der Waals surface area contributed by atoms with Gasteiger partial charge in [0.2, 0.25) is 0 Å². The lowest BCUT2D eigenvalue weighted by Gasteiger charge is -2.43. The average Bonchev–Trinajstić information content (AvgIpc) is 2.73. The van der Waals surface area contributed by atoms with Gasteiger partial charge in [0.05, 0.1) is 11.9 Å². The molecule has 2 saturated heterocycles. The van der Waals surface area contributed by atoms with Gasteiger partial charge in [-0.3, -0.25) is 15.1 Å². The van der Waals surface area contributed by atoms with Gasteiger partial charge in [0.1, 0.15) is 5.54 Å². The highest BCUT2D eigenvalue weighted by molar-refractivity contribution is 6.07. The van der Waals surface area contributed by atoms with E-state index in [-0.39, 0.29) is 23.7 Å². The molecule has 0 aromatic carbocycles. The molecule has 0 unspecified atom stereocenters. The van der Waals surface area contributed by atoms with Crippen LogP contribution in [0.5, 0.6) is 0 Å². The zero-order chi connectivity index (χ0) is 16.6. The number of rotatable bonds is 3. The summed E-state index contributed by atoms with van der Waals surface area (Å²) in [5.74, 6) is -0.313. The maximum absolute atomic E-state index is 13.9. The Morgan fingerprint density at radius 1 is 1.35 bits per heavy atom. The fourth-order valence-corrected chi connectivity index (χ4v) is 3.46. The maximum Gasteiger partial charge on any atom is 0.325 e. The van der Waals surface area contributed by atoms with Gasteiger partial charge in [-0.1, -0.05) is 13.8 Å². The average molecular weight is 320 g/mol. The molecule has 1 N–H and O–H groups in total. The predicted octanol–water partition coefficient (Wildman–Crippen LogP) is 1.77. The largest absolute Gasteiger partial charge is 0.369 e. The highest BCUT2D eigenvalue weighted by Gasteiger charge is 2.54. The Bertz CT molecular complexity index is 626. The highest BCUT2D eigenvalue weighted by atomic mass is 19.1. The third-order valence-electron chi connectivity index (χ3n) is 4.64. The molecule has 0 aliphatic carbocycles. The van der Waals surface area contributed by atoms with Crippen LogP contribution < -0.4 is 10.2 Å². The Hall–Kier alpha value is -2.18. The van der Waals surface area contributed by atoms with E-state index in [9.17, 15) is 14.0 Å². The zero-order valence-corrected chi connectivity index (χ0v) is 13.4. The number of aromatic nitrogens is 1. The number of carbonyl (C=O) groups is 2. The molecule has 2 aliphatic rings. The molecule has 1 aromatic heterocycles. The quantitative estimate of drug-likeness (QED) is 0.862. The van der Waals surface area contributed by atoms with Crippen LogP contribution in [0, 0.1) is 11.7 Å². The second-order valence-corrected chi connectivity index (χ2v) is 6.61. The molecule has 0 saturated carbocycles. The van der Waals surface area contributed by atoms with E-state index >= 15 is 0 Å². The van der Waals surface area contributed by atoms with Crippen molar-refractivity contribution < 1.29 is 14.0 Å². The van der Waals surface area contributed by atoms with Crippen molar-refractivity contribution in [1.82, 2.24) is 15.2 Å². The van der Waals surface area contributed by atoms with Crippen LogP contribution in [0.15, 0.2) is 18.5 Å². The maximum atomic E-state index is 13.9. The predicted molar refractivity (Wildman–Crippen MR) is 83.5 cm³/mol. The Balaban J connectivity index is 1.79. The number of pyridine rings is 1. The van der Waals surface area contributed by atoms with Crippen LogP contribution in [-0.2, 0) is 4.79 Å². The van der Waals surface area contributed by atoms with Crippen molar-refractivity contribution in [2.45, 2.75) is 32.2 Å². The first-order valence-corrected chi connectivity index (χ1v) is 7.91. The summed E-state index contributed by atoms with van der Waals surface area (Å²) in [6, 6.07) is 1.33. The SMILES string of the molecule is CC(C)CN1C(=O)NC(=O)C12CCN(c1ccncc1F)CC2. The van der Waals surface area contributed by atoms with Crippen LogP contribution in [0.4, 0.5) is 14.9 Å². The Morgan fingerprint density at radius 2 is 2.04 bits per heavy atom. The van der Waals surface area contributed by atoms with Crippen molar-refractivity contribution in [3.8, 4) is 0 Å². The number of amides is 3. The molecule has 1 aromatic rings. The first-order valence-electron chi connectivity index (χ1n) is 7.91. The van der Waals surface area contributed by atoms with E-state index in [4.69, 9.17) is 0 Å². The minimum Gasteiger partial charge on any atom is -0.369 e. The molecule has 2 aliphatic heterocycles. The number of nitrogens with zero attached hydrogens (tertiary/aromatic N) is 3. The van der Waals surface area contributed by atoms with E-state index in [1.807, 2.05) is 18.7 Å². The molecule has 1 spiro atoms. The van der Waals surface area contributed by atoms with Gasteiger partial charge in [0.25, 0.3) is 5.91 Å². The van der Waals surface area contributed by atoms with Crippen LogP contribution in [0.25, 0.3) is 0 Å². The van der Waals surface area contributed by atoms with Crippen LogP contribution >= 0.6 is 0 Å². The molecule has 6 nitrogen and oxygen atoms in total. The number of anilines is 1. The van der Waals surface area contributed by atoms with Crippen LogP contribution in [-0.4, -0.2) is 47.0 Å². The zero-order valence-electron chi connectivity index (χ0n) is 13.4. The lowest BCUT2D eigenvalue weighted by atomic mass is 9.85. The fourth-order valence-electron chi connectivity index (χ4n) is 3.46. The summed E-state index contributed by atoms with van der Waals surface area (Å²) in [5, 5.41) is 2.44. The second kappa shape index (κ2) is 5.79. The Kier molecular flexibility index (Phi) is 3.95. The van der Waals surface area contributed by atoms with Gasteiger partial charge in [-0.25, -0.2) is 9.18 Å². The first-order chi connectivity index (χ1) is 10.9. The highest BCUT2D eigenvalue weighted by Crippen LogP contribution is 2.35. The number of piperidine rings is 1. The molecule has 0 atom stereocenters. The molecule has 2 fully saturated rings. The summed E-state index contributed by atoms with van der Waals surface area (Å²) >= 11 is 0. The van der Waals surface area contributed by atoms with Gasteiger partial charge in [-0.05, 0) is 24.8 Å². The van der Waals surface area contributed by atoms with Gasteiger partial charge in [0, 0.05) is 25.8 Å². The first kappa shape index (κ1) is 15.7. The van der Waals surface area contributed by atoms with Crippen molar-refractivity contribution in [3.05, 3.63) is 24.3 Å². The molecular weight excluding hydrogens is 299 g/mol. The van der Waals surface area contributed by atoms with Gasteiger partial charge < -0.3 is 9.80 Å². The van der Waals surface area contributed by atoms with Crippen molar-refractivity contribution in [1.29, 1.82) is 0 Å². The van der Waals surface area contributed by atoms with E-state index in [1.165, 1.54) is 6.20 Å². The van der Waals surface area contributed by atoms with Gasteiger partial charge >= 0.3 is 6.03 Å². The lowest BCUT2D eigenvalue weighted by Crippen LogP contribution is -2.57. The summed E-state index contributed by atoms with van der Waals surface area (Å²) in [5.41, 5.74) is -0.295.